The molecule has 0 atom stereocenters. The van der Waals surface area contributed by atoms with E-state index in [0.29, 0.717) is 97.9 Å². The van der Waals surface area contributed by atoms with Crippen molar-refractivity contribution in [3.63, 3.8) is 0 Å². The van der Waals surface area contributed by atoms with Crippen LogP contribution in [0.3, 0.4) is 0 Å². The smallest absolute Gasteiger partial charge is 0.251 e. The first-order chi connectivity index (χ1) is 20.8. The van der Waals surface area contributed by atoms with E-state index in [0.717, 1.165) is 25.7 Å². The predicted octanol–water partition coefficient (Wildman–Crippen LogP) is 0.486. The number of rotatable bonds is 29. The van der Waals surface area contributed by atoms with Crippen LogP contribution in [0, 0.1) is 0 Å². The lowest BCUT2D eigenvalue weighted by Gasteiger charge is -2.09. The first-order valence-corrected chi connectivity index (χ1v) is 16.0. The third-order valence-corrected chi connectivity index (χ3v) is 6.61. The largest absolute Gasteiger partial charge is 0.382 e. The molecule has 0 aromatic heterocycles. The van der Waals surface area contributed by atoms with Gasteiger partial charge in [0, 0.05) is 25.8 Å². The fraction of sp³-hybridized carbons (Fsp3) is 0.714. The van der Waals surface area contributed by atoms with E-state index < -0.39 is 10.0 Å². The van der Waals surface area contributed by atoms with Crippen molar-refractivity contribution >= 4 is 21.8 Å². The highest BCUT2D eigenvalue weighted by Crippen LogP contribution is 2.08. The van der Waals surface area contributed by atoms with Crippen LogP contribution in [0.1, 0.15) is 36.0 Å². The summed E-state index contributed by atoms with van der Waals surface area (Å²) in [5, 5.41) is 10.7. The number of nitrogens with two attached hydrogens (primary N) is 1. The average molecular weight is 636 g/mol. The molecule has 1 aromatic carbocycles. The normalized spacial score (nSPS) is 11.5. The summed E-state index contributed by atoms with van der Waals surface area (Å²) in [4.78, 5) is 23.9. The molecule has 0 bridgehead atoms. The molecule has 1 rings (SSSR count). The van der Waals surface area contributed by atoms with Gasteiger partial charge in [0.15, 0.2) is 0 Å². The van der Waals surface area contributed by atoms with Crippen LogP contribution in [0.15, 0.2) is 29.2 Å². The number of amides is 2. The Hall–Kier alpha value is -2.21. The van der Waals surface area contributed by atoms with E-state index in [1.54, 1.807) is 7.11 Å². The molecule has 0 aliphatic rings. The van der Waals surface area contributed by atoms with E-state index in [1.807, 2.05) is 0 Å². The summed E-state index contributed by atoms with van der Waals surface area (Å²) in [7, 11) is -2.15. The molecule has 14 nitrogen and oxygen atoms in total. The molecule has 0 saturated carbocycles. The molecule has 0 saturated heterocycles. The third-order valence-electron chi connectivity index (χ3n) is 5.68. The second-order valence-corrected chi connectivity index (χ2v) is 10.8. The summed E-state index contributed by atoms with van der Waals surface area (Å²) in [6, 6.07) is 5.46. The van der Waals surface area contributed by atoms with Gasteiger partial charge in [0.05, 0.1) is 84.2 Å². The monoisotopic (exact) mass is 635 g/mol. The van der Waals surface area contributed by atoms with Crippen molar-refractivity contribution in [3.05, 3.63) is 29.8 Å². The van der Waals surface area contributed by atoms with Gasteiger partial charge in [-0.25, -0.2) is 13.6 Å². The molecule has 0 aliphatic carbocycles. The zero-order valence-corrected chi connectivity index (χ0v) is 26.0. The zero-order chi connectivity index (χ0) is 31.4. The lowest BCUT2D eigenvalue weighted by molar-refractivity contribution is -0.126. The maximum absolute atomic E-state index is 12.1. The van der Waals surface area contributed by atoms with E-state index >= 15 is 0 Å². The number of methoxy groups -OCH3 is 1. The standard InChI is InChI=1S/C28H49N3O11S/c1-36-12-13-37-14-15-38-16-17-39-18-19-40-20-21-41-22-23-42-24-27(32)30-10-4-2-3-5-11-31-28(33)25-6-8-26(9-7-25)43(29,34)35/h6-9H,2-5,10-24H2,1H3,(H,30,32)(H,31,33)(H2,29,34,35). The molecular formula is C28H49N3O11S. The van der Waals surface area contributed by atoms with Crippen LogP contribution in [0.25, 0.3) is 0 Å². The van der Waals surface area contributed by atoms with Gasteiger partial charge in [0.2, 0.25) is 15.9 Å². The van der Waals surface area contributed by atoms with Crippen molar-refractivity contribution in [2.24, 2.45) is 5.14 Å². The van der Waals surface area contributed by atoms with Gasteiger partial charge in [-0.3, -0.25) is 9.59 Å². The number of sulfonamides is 1. The first-order valence-electron chi connectivity index (χ1n) is 14.5. The number of hydrogen-bond acceptors (Lipinski definition) is 11. The Labute approximate surface area is 255 Å². The third kappa shape index (κ3) is 22.9. The summed E-state index contributed by atoms with van der Waals surface area (Å²) in [5.74, 6) is -0.451. The van der Waals surface area contributed by atoms with Gasteiger partial charge in [-0.2, -0.15) is 0 Å². The quantitative estimate of drug-likeness (QED) is 0.104. The van der Waals surface area contributed by atoms with E-state index in [1.165, 1.54) is 24.3 Å². The Balaban J connectivity index is 1.80. The lowest BCUT2D eigenvalue weighted by Crippen LogP contribution is -2.29. The van der Waals surface area contributed by atoms with Crippen molar-refractivity contribution in [2.45, 2.75) is 30.6 Å². The molecule has 0 heterocycles. The summed E-state index contributed by atoms with van der Waals surface area (Å²) < 4.78 is 59.6. The van der Waals surface area contributed by atoms with Gasteiger partial charge in [0.1, 0.15) is 6.61 Å². The number of carbonyl (C=O) groups excluding carboxylic acids is 2. The fourth-order valence-electron chi connectivity index (χ4n) is 3.39. The van der Waals surface area contributed by atoms with Gasteiger partial charge < -0.3 is 43.8 Å². The van der Waals surface area contributed by atoms with Crippen LogP contribution < -0.4 is 15.8 Å². The van der Waals surface area contributed by atoms with Gasteiger partial charge in [-0.05, 0) is 37.1 Å². The molecule has 43 heavy (non-hydrogen) atoms. The van der Waals surface area contributed by atoms with Crippen LogP contribution in [0.2, 0.25) is 0 Å². The first kappa shape index (κ1) is 38.8. The Kier molecular flexibility index (Phi) is 23.7. The molecule has 248 valence electrons. The zero-order valence-electron chi connectivity index (χ0n) is 25.2. The van der Waals surface area contributed by atoms with E-state index in [4.69, 9.17) is 38.3 Å². The van der Waals surface area contributed by atoms with Crippen molar-refractivity contribution in [1.29, 1.82) is 0 Å². The maximum Gasteiger partial charge on any atom is 0.251 e. The lowest BCUT2D eigenvalue weighted by atomic mass is 10.2. The maximum atomic E-state index is 12.1. The molecule has 0 unspecified atom stereocenters. The van der Waals surface area contributed by atoms with E-state index in [-0.39, 0.29) is 23.3 Å². The van der Waals surface area contributed by atoms with Crippen LogP contribution in [0.5, 0.6) is 0 Å². The summed E-state index contributed by atoms with van der Waals surface area (Å²) >= 11 is 0. The van der Waals surface area contributed by atoms with Crippen molar-refractivity contribution in [2.75, 3.05) is 106 Å². The van der Waals surface area contributed by atoms with Gasteiger partial charge in [-0.15, -0.1) is 0 Å². The van der Waals surface area contributed by atoms with E-state index in [9.17, 15) is 18.0 Å². The molecular weight excluding hydrogens is 586 g/mol. The number of hydrogen-bond donors (Lipinski definition) is 3. The summed E-state index contributed by atoms with van der Waals surface area (Å²) in [6.45, 7) is 6.76. The molecule has 0 spiro atoms. The second-order valence-electron chi connectivity index (χ2n) is 9.20. The SMILES string of the molecule is COCCOCCOCCOCCOCCOCCOCC(=O)NCCCCCCNC(=O)c1ccc(S(N)(=O)=O)cc1. The van der Waals surface area contributed by atoms with Crippen molar-refractivity contribution in [3.8, 4) is 0 Å². The molecule has 0 radical (unpaired) electrons. The molecule has 0 aliphatic heterocycles. The van der Waals surface area contributed by atoms with Crippen LogP contribution in [-0.2, 0) is 48.0 Å². The van der Waals surface area contributed by atoms with Crippen molar-refractivity contribution in [1.82, 2.24) is 10.6 Å². The molecule has 1 aromatic rings. The summed E-state index contributed by atoms with van der Waals surface area (Å²) in [5.41, 5.74) is 0.366. The van der Waals surface area contributed by atoms with E-state index in [2.05, 4.69) is 10.6 Å². The van der Waals surface area contributed by atoms with Crippen LogP contribution in [-0.4, -0.2) is 126 Å². The van der Waals surface area contributed by atoms with Gasteiger partial charge >= 0.3 is 0 Å². The highest BCUT2D eigenvalue weighted by Gasteiger charge is 2.10. The average Bonchev–Trinajstić information content (AvgIpc) is 2.99. The number of unbranched alkanes of at least 4 members (excludes halogenated alkanes) is 3. The Morgan fingerprint density at radius 1 is 0.628 bits per heavy atom. The number of benzene rings is 1. The molecule has 0 fully saturated rings. The highest BCUT2D eigenvalue weighted by molar-refractivity contribution is 7.89. The molecule has 2 amide bonds. The second kappa shape index (κ2) is 26.2. The Morgan fingerprint density at radius 3 is 1.49 bits per heavy atom. The fourth-order valence-corrected chi connectivity index (χ4v) is 3.90. The number of nitrogens with one attached hydrogen (secondary N) is 2. The highest BCUT2D eigenvalue weighted by atomic mass is 32.2. The minimum atomic E-state index is -3.78. The molecule has 4 N–H and O–H groups in total. The number of carbonyl (C=O) groups is 2. The number of primary sulfonamides is 1. The minimum absolute atomic E-state index is 0.0218. The Morgan fingerprint density at radius 2 is 1.05 bits per heavy atom. The predicted molar refractivity (Wildman–Crippen MR) is 158 cm³/mol. The minimum Gasteiger partial charge on any atom is -0.382 e. The molecule has 15 heteroatoms. The number of ether oxygens (including phenoxy) is 7. The Bertz CT molecular complexity index is 950. The topological polar surface area (TPSA) is 183 Å². The van der Waals surface area contributed by atoms with Gasteiger partial charge in [0.25, 0.3) is 5.91 Å². The van der Waals surface area contributed by atoms with Crippen LogP contribution in [0.4, 0.5) is 0 Å². The van der Waals surface area contributed by atoms with Crippen LogP contribution >= 0.6 is 0 Å². The van der Waals surface area contributed by atoms with Crippen molar-refractivity contribution < 1.29 is 51.2 Å². The van der Waals surface area contributed by atoms with Gasteiger partial charge in [-0.1, -0.05) is 12.8 Å². The summed E-state index contributed by atoms with van der Waals surface area (Å²) in [6.07, 6.45) is 3.41.